The van der Waals surface area contributed by atoms with Crippen LogP contribution in [0.15, 0.2) is 18.2 Å². The second-order valence-corrected chi connectivity index (χ2v) is 5.40. The van der Waals surface area contributed by atoms with Crippen LogP contribution in [0.2, 0.25) is 0 Å². The van der Waals surface area contributed by atoms with Gasteiger partial charge in [0.25, 0.3) is 0 Å². The van der Waals surface area contributed by atoms with E-state index in [9.17, 15) is 4.39 Å². The topological polar surface area (TPSA) is 26.0 Å². The van der Waals surface area contributed by atoms with E-state index in [2.05, 4.69) is 22.6 Å². The largest absolute Gasteiger partial charge is 0.324 e. The molecule has 1 aliphatic rings. The predicted molar refractivity (Wildman–Crippen MR) is 68.0 cm³/mol. The van der Waals surface area contributed by atoms with Gasteiger partial charge in [0.15, 0.2) is 0 Å². The van der Waals surface area contributed by atoms with Crippen LogP contribution < -0.4 is 5.73 Å². The highest BCUT2D eigenvalue weighted by Crippen LogP contribution is 2.35. The van der Waals surface area contributed by atoms with Crippen molar-refractivity contribution in [1.29, 1.82) is 0 Å². The molecule has 1 nitrogen and oxygen atoms in total. The molecule has 0 amide bonds. The molecule has 0 aromatic heterocycles. The molecule has 1 unspecified atom stereocenters. The van der Waals surface area contributed by atoms with Crippen molar-refractivity contribution in [2.24, 2.45) is 11.7 Å². The Labute approximate surface area is 103 Å². The number of hydrogen-bond donors (Lipinski definition) is 1. The number of hydrogen-bond acceptors (Lipinski definition) is 1. The predicted octanol–water partition coefficient (Wildman–Crippen LogP) is 3.62. The molecule has 82 valence electrons. The van der Waals surface area contributed by atoms with Crippen molar-refractivity contribution < 1.29 is 4.39 Å². The van der Waals surface area contributed by atoms with E-state index in [1.165, 1.54) is 31.7 Å². The van der Waals surface area contributed by atoms with Crippen LogP contribution in [-0.4, -0.2) is 0 Å². The molecule has 0 spiro atoms. The van der Waals surface area contributed by atoms with E-state index in [1.54, 1.807) is 6.07 Å². The molecule has 15 heavy (non-hydrogen) atoms. The minimum atomic E-state index is -0.179. The molecule has 2 rings (SSSR count). The first-order valence-corrected chi connectivity index (χ1v) is 6.47. The third-order valence-electron chi connectivity index (χ3n) is 3.23. The Morgan fingerprint density at radius 3 is 2.60 bits per heavy atom. The van der Waals surface area contributed by atoms with Crippen molar-refractivity contribution in [3.05, 3.63) is 33.1 Å². The van der Waals surface area contributed by atoms with Gasteiger partial charge in [0, 0.05) is 9.61 Å². The quantitative estimate of drug-likeness (QED) is 0.828. The molecule has 1 saturated carbocycles. The third kappa shape index (κ3) is 2.50. The molecule has 0 radical (unpaired) electrons. The van der Waals surface area contributed by atoms with Gasteiger partial charge >= 0.3 is 0 Å². The molecule has 0 aliphatic heterocycles. The highest BCUT2D eigenvalue weighted by atomic mass is 127. The third-order valence-corrected chi connectivity index (χ3v) is 4.16. The van der Waals surface area contributed by atoms with E-state index >= 15 is 0 Å². The molecule has 1 aromatic carbocycles. The molecule has 0 heterocycles. The molecule has 2 N–H and O–H groups in total. The monoisotopic (exact) mass is 319 g/mol. The zero-order valence-electron chi connectivity index (χ0n) is 8.55. The summed E-state index contributed by atoms with van der Waals surface area (Å²) < 4.78 is 13.9. The Kier molecular flexibility index (Phi) is 3.61. The Morgan fingerprint density at radius 1 is 1.33 bits per heavy atom. The number of nitrogens with two attached hydrogens (primary N) is 1. The van der Waals surface area contributed by atoms with Crippen LogP contribution in [0.1, 0.15) is 37.3 Å². The lowest BCUT2D eigenvalue weighted by molar-refractivity contribution is 0.443. The second-order valence-electron chi connectivity index (χ2n) is 4.24. The summed E-state index contributed by atoms with van der Waals surface area (Å²) >= 11 is 2.17. The van der Waals surface area contributed by atoms with Crippen LogP contribution in [0.3, 0.4) is 0 Å². The number of rotatable bonds is 2. The molecular formula is C12H15FIN. The fraction of sp³-hybridized carbons (Fsp3) is 0.500. The summed E-state index contributed by atoms with van der Waals surface area (Å²) in [5.41, 5.74) is 7.32. The minimum Gasteiger partial charge on any atom is -0.324 e. The fourth-order valence-corrected chi connectivity index (χ4v) is 3.18. The minimum absolute atomic E-state index is 0.0833. The molecule has 1 aliphatic carbocycles. The van der Waals surface area contributed by atoms with Gasteiger partial charge in [-0.1, -0.05) is 18.9 Å². The van der Waals surface area contributed by atoms with Gasteiger partial charge in [0.1, 0.15) is 5.82 Å². The van der Waals surface area contributed by atoms with Crippen LogP contribution in [0.5, 0.6) is 0 Å². The molecule has 1 aromatic rings. The van der Waals surface area contributed by atoms with Crippen molar-refractivity contribution in [1.82, 2.24) is 0 Å². The van der Waals surface area contributed by atoms with E-state index in [4.69, 9.17) is 5.73 Å². The van der Waals surface area contributed by atoms with Crippen molar-refractivity contribution in [3.63, 3.8) is 0 Å². The van der Waals surface area contributed by atoms with E-state index in [0.29, 0.717) is 5.92 Å². The Morgan fingerprint density at radius 2 is 2.00 bits per heavy atom. The molecule has 0 saturated heterocycles. The lowest BCUT2D eigenvalue weighted by atomic mass is 9.92. The Balaban J connectivity index is 2.20. The van der Waals surface area contributed by atoms with Gasteiger partial charge in [-0.05, 0) is 59.0 Å². The highest BCUT2D eigenvalue weighted by Gasteiger charge is 2.24. The maximum absolute atomic E-state index is 12.9. The van der Waals surface area contributed by atoms with Crippen molar-refractivity contribution in [2.45, 2.75) is 31.7 Å². The molecule has 1 fully saturated rings. The maximum atomic E-state index is 12.9. The van der Waals surface area contributed by atoms with Gasteiger partial charge in [-0.2, -0.15) is 0 Å². The van der Waals surface area contributed by atoms with Crippen molar-refractivity contribution >= 4 is 22.6 Å². The van der Waals surface area contributed by atoms with E-state index < -0.39 is 0 Å². The van der Waals surface area contributed by atoms with Gasteiger partial charge in [0.05, 0.1) is 0 Å². The Bertz CT molecular complexity index is 347. The first kappa shape index (κ1) is 11.3. The van der Waals surface area contributed by atoms with Crippen LogP contribution in [0.4, 0.5) is 4.39 Å². The van der Waals surface area contributed by atoms with E-state index in [0.717, 1.165) is 9.13 Å². The average molecular weight is 319 g/mol. The number of halogens is 2. The molecule has 3 heteroatoms. The van der Waals surface area contributed by atoms with Gasteiger partial charge < -0.3 is 5.73 Å². The van der Waals surface area contributed by atoms with Crippen LogP contribution in [0, 0.1) is 15.3 Å². The smallest absolute Gasteiger partial charge is 0.124 e. The van der Waals surface area contributed by atoms with Gasteiger partial charge in [0.2, 0.25) is 0 Å². The van der Waals surface area contributed by atoms with Gasteiger partial charge in [-0.3, -0.25) is 0 Å². The molecule has 1 atom stereocenters. The van der Waals surface area contributed by atoms with Gasteiger partial charge in [-0.25, -0.2) is 4.39 Å². The summed E-state index contributed by atoms with van der Waals surface area (Å²) in [6.07, 6.45) is 5.01. The Hall–Kier alpha value is -0.160. The van der Waals surface area contributed by atoms with Crippen molar-refractivity contribution in [2.75, 3.05) is 0 Å². The van der Waals surface area contributed by atoms with Gasteiger partial charge in [-0.15, -0.1) is 0 Å². The highest BCUT2D eigenvalue weighted by molar-refractivity contribution is 14.1. The lowest BCUT2D eigenvalue weighted by Crippen LogP contribution is -2.20. The molecular weight excluding hydrogens is 304 g/mol. The second kappa shape index (κ2) is 4.78. The zero-order valence-corrected chi connectivity index (χ0v) is 10.7. The first-order chi connectivity index (χ1) is 7.18. The normalized spacial score (nSPS) is 19.4. The summed E-state index contributed by atoms with van der Waals surface area (Å²) in [4.78, 5) is 0. The first-order valence-electron chi connectivity index (χ1n) is 5.39. The lowest BCUT2D eigenvalue weighted by Gasteiger charge is -2.20. The summed E-state index contributed by atoms with van der Waals surface area (Å²) in [5, 5.41) is 0. The summed E-state index contributed by atoms with van der Waals surface area (Å²) in [6, 6.07) is 4.98. The summed E-state index contributed by atoms with van der Waals surface area (Å²) in [5.74, 6) is 0.408. The number of benzene rings is 1. The van der Waals surface area contributed by atoms with Crippen LogP contribution in [-0.2, 0) is 0 Å². The van der Waals surface area contributed by atoms with Crippen LogP contribution in [0.25, 0.3) is 0 Å². The van der Waals surface area contributed by atoms with E-state index in [1.807, 2.05) is 6.07 Å². The standard InChI is InChI=1S/C12H15FIN/c13-9-5-6-10(11(14)7-9)12(15)8-3-1-2-4-8/h5-8,12H,1-4,15H2. The fourth-order valence-electron chi connectivity index (χ4n) is 2.34. The maximum Gasteiger partial charge on any atom is 0.124 e. The van der Waals surface area contributed by atoms with Crippen molar-refractivity contribution in [3.8, 4) is 0 Å². The summed E-state index contributed by atoms with van der Waals surface area (Å²) in [6.45, 7) is 0. The SMILES string of the molecule is NC(c1ccc(F)cc1I)C1CCCC1. The average Bonchev–Trinajstić information content (AvgIpc) is 2.69. The van der Waals surface area contributed by atoms with E-state index in [-0.39, 0.29) is 11.9 Å². The molecule has 0 bridgehead atoms. The summed E-state index contributed by atoms with van der Waals surface area (Å²) in [7, 11) is 0. The van der Waals surface area contributed by atoms with Crippen LogP contribution >= 0.6 is 22.6 Å². The zero-order chi connectivity index (χ0) is 10.8.